The van der Waals surface area contributed by atoms with E-state index in [1.165, 1.54) is 5.56 Å². The lowest BCUT2D eigenvalue weighted by atomic mass is 10.0. The Hall–Kier alpha value is -0.810. The summed E-state index contributed by atoms with van der Waals surface area (Å²) in [5.74, 6) is 0.268. The predicted molar refractivity (Wildman–Crippen MR) is 105 cm³/mol. The van der Waals surface area contributed by atoms with Gasteiger partial charge in [0.05, 0.1) is 6.04 Å². The standard InChI is InChI=1S/C18H29N3O.2ClH/c1-3-21(4-2)17(14-8-6-5-7-9-14)13-20-18(22)15-10-11-16(19)12-15;;/h5-9,15-17H,3-4,10-13,19H2,1-2H3,(H,20,22);2*1H. The molecule has 24 heavy (non-hydrogen) atoms. The van der Waals surface area contributed by atoms with Gasteiger partial charge in [0, 0.05) is 18.5 Å². The molecule has 4 nitrogen and oxygen atoms in total. The number of nitrogens with two attached hydrogens (primary N) is 1. The number of likely N-dealkylation sites (N-methyl/N-ethyl adjacent to an activating group) is 1. The minimum Gasteiger partial charge on any atom is -0.354 e. The van der Waals surface area contributed by atoms with Gasteiger partial charge in [0.15, 0.2) is 0 Å². The van der Waals surface area contributed by atoms with E-state index in [0.717, 1.165) is 32.4 Å². The van der Waals surface area contributed by atoms with E-state index in [1.54, 1.807) is 0 Å². The highest BCUT2D eigenvalue weighted by molar-refractivity contribution is 5.85. The van der Waals surface area contributed by atoms with E-state index in [1.807, 2.05) is 6.07 Å². The quantitative estimate of drug-likeness (QED) is 0.769. The zero-order valence-corrected chi connectivity index (χ0v) is 16.2. The molecule has 3 N–H and O–H groups in total. The second kappa shape index (κ2) is 11.7. The number of amides is 1. The number of nitrogens with one attached hydrogen (secondary N) is 1. The Kier molecular flexibility index (Phi) is 11.3. The summed E-state index contributed by atoms with van der Waals surface area (Å²) >= 11 is 0. The number of halogens is 2. The van der Waals surface area contributed by atoms with Gasteiger partial charge >= 0.3 is 0 Å². The first kappa shape index (κ1) is 23.2. The zero-order chi connectivity index (χ0) is 15.9. The van der Waals surface area contributed by atoms with Gasteiger partial charge in [-0.3, -0.25) is 9.69 Å². The first-order valence-electron chi connectivity index (χ1n) is 8.48. The number of hydrogen-bond donors (Lipinski definition) is 2. The van der Waals surface area contributed by atoms with Gasteiger partial charge in [-0.15, -0.1) is 24.8 Å². The molecule has 3 atom stereocenters. The van der Waals surface area contributed by atoms with Gasteiger partial charge in [-0.1, -0.05) is 44.2 Å². The minimum atomic E-state index is 0. The van der Waals surface area contributed by atoms with Crippen LogP contribution in [0.2, 0.25) is 0 Å². The molecular weight excluding hydrogens is 345 g/mol. The van der Waals surface area contributed by atoms with Crippen molar-refractivity contribution < 1.29 is 4.79 Å². The predicted octanol–water partition coefficient (Wildman–Crippen LogP) is 3.16. The smallest absolute Gasteiger partial charge is 0.223 e. The Morgan fingerprint density at radius 2 is 1.83 bits per heavy atom. The highest BCUT2D eigenvalue weighted by Crippen LogP contribution is 2.25. The number of benzene rings is 1. The van der Waals surface area contributed by atoms with Crippen LogP contribution in [0.1, 0.15) is 44.7 Å². The molecule has 0 bridgehead atoms. The lowest BCUT2D eigenvalue weighted by molar-refractivity contribution is -0.125. The number of carbonyl (C=O) groups is 1. The van der Waals surface area contributed by atoms with Crippen molar-refractivity contribution in [2.75, 3.05) is 19.6 Å². The first-order valence-corrected chi connectivity index (χ1v) is 8.48. The maximum Gasteiger partial charge on any atom is 0.223 e. The van der Waals surface area contributed by atoms with Crippen molar-refractivity contribution in [3.63, 3.8) is 0 Å². The molecule has 1 amide bonds. The van der Waals surface area contributed by atoms with Crippen LogP contribution in [0.5, 0.6) is 0 Å². The van der Waals surface area contributed by atoms with Crippen LogP contribution < -0.4 is 11.1 Å². The van der Waals surface area contributed by atoms with Gasteiger partial charge < -0.3 is 11.1 Å². The molecule has 138 valence electrons. The monoisotopic (exact) mass is 375 g/mol. The third-order valence-electron chi connectivity index (χ3n) is 4.75. The summed E-state index contributed by atoms with van der Waals surface area (Å²) in [6.45, 7) is 6.94. The maximum atomic E-state index is 12.3. The van der Waals surface area contributed by atoms with E-state index in [4.69, 9.17) is 5.73 Å². The Bertz CT molecular complexity index is 469. The summed E-state index contributed by atoms with van der Waals surface area (Å²) in [6.07, 6.45) is 2.72. The molecule has 1 aliphatic rings. The molecule has 3 unspecified atom stereocenters. The summed E-state index contributed by atoms with van der Waals surface area (Å²) < 4.78 is 0. The van der Waals surface area contributed by atoms with Crippen LogP contribution in [-0.2, 0) is 4.79 Å². The molecule has 0 aliphatic heterocycles. The molecule has 1 saturated carbocycles. The Balaban J connectivity index is 0.00000264. The summed E-state index contributed by atoms with van der Waals surface area (Å²) in [5.41, 5.74) is 7.17. The fourth-order valence-electron chi connectivity index (χ4n) is 3.39. The molecule has 1 aromatic rings. The van der Waals surface area contributed by atoms with Crippen LogP contribution in [0, 0.1) is 5.92 Å². The van der Waals surface area contributed by atoms with E-state index in [2.05, 4.69) is 48.3 Å². The van der Waals surface area contributed by atoms with Crippen molar-refractivity contribution in [1.29, 1.82) is 0 Å². The number of hydrogen-bond acceptors (Lipinski definition) is 3. The minimum absolute atomic E-state index is 0. The fraction of sp³-hybridized carbons (Fsp3) is 0.611. The number of nitrogens with zero attached hydrogens (tertiary/aromatic N) is 1. The van der Waals surface area contributed by atoms with Crippen molar-refractivity contribution in [2.45, 2.75) is 45.2 Å². The van der Waals surface area contributed by atoms with Crippen molar-refractivity contribution >= 4 is 30.7 Å². The summed E-state index contributed by atoms with van der Waals surface area (Å²) in [7, 11) is 0. The third kappa shape index (κ3) is 6.25. The van der Waals surface area contributed by atoms with E-state index >= 15 is 0 Å². The average Bonchev–Trinajstić information content (AvgIpc) is 2.98. The molecule has 2 rings (SSSR count). The summed E-state index contributed by atoms with van der Waals surface area (Å²) in [4.78, 5) is 14.7. The Morgan fingerprint density at radius 3 is 2.33 bits per heavy atom. The molecule has 1 aromatic carbocycles. The molecule has 0 heterocycles. The van der Waals surface area contributed by atoms with Gasteiger partial charge in [0.2, 0.25) is 5.91 Å². The van der Waals surface area contributed by atoms with Crippen LogP contribution >= 0.6 is 24.8 Å². The van der Waals surface area contributed by atoms with E-state index in [0.29, 0.717) is 6.54 Å². The highest BCUT2D eigenvalue weighted by Gasteiger charge is 2.28. The van der Waals surface area contributed by atoms with Gasteiger partial charge in [0.25, 0.3) is 0 Å². The van der Waals surface area contributed by atoms with E-state index in [-0.39, 0.29) is 48.7 Å². The van der Waals surface area contributed by atoms with Crippen LogP contribution in [-0.4, -0.2) is 36.5 Å². The van der Waals surface area contributed by atoms with Crippen molar-refractivity contribution in [1.82, 2.24) is 10.2 Å². The number of rotatable bonds is 7. The molecular formula is C18H31Cl2N3O. The number of carbonyl (C=O) groups excluding carboxylic acids is 1. The Morgan fingerprint density at radius 1 is 1.21 bits per heavy atom. The molecule has 1 fully saturated rings. The largest absolute Gasteiger partial charge is 0.354 e. The topological polar surface area (TPSA) is 58.4 Å². The van der Waals surface area contributed by atoms with E-state index < -0.39 is 0 Å². The molecule has 0 aromatic heterocycles. The Labute approximate surface area is 158 Å². The van der Waals surface area contributed by atoms with Gasteiger partial charge in [0.1, 0.15) is 0 Å². The SMILES string of the molecule is CCN(CC)C(CNC(=O)C1CCC(N)C1)c1ccccc1.Cl.Cl. The maximum absolute atomic E-state index is 12.3. The van der Waals surface area contributed by atoms with Crippen LogP contribution in [0.15, 0.2) is 30.3 Å². The lowest BCUT2D eigenvalue weighted by Crippen LogP contribution is -2.40. The molecule has 1 aliphatic carbocycles. The first-order chi connectivity index (χ1) is 10.7. The summed E-state index contributed by atoms with van der Waals surface area (Å²) in [6, 6.07) is 10.9. The lowest BCUT2D eigenvalue weighted by Gasteiger charge is -2.30. The molecule has 6 heteroatoms. The molecule has 0 saturated heterocycles. The van der Waals surface area contributed by atoms with Crippen LogP contribution in [0.25, 0.3) is 0 Å². The van der Waals surface area contributed by atoms with Crippen molar-refractivity contribution in [3.8, 4) is 0 Å². The third-order valence-corrected chi connectivity index (χ3v) is 4.75. The average molecular weight is 376 g/mol. The van der Waals surface area contributed by atoms with Crippen molar-refractivity contribution in [3.05, 3.63) is 35.9 Å². The molecule has 0 radical (unpaired) electrons. The van der Waals surface area contributed by atoms with Crippen molar-refractivity contribution in [2.24, 2.45) is 11.7 Å². The van der Waals surface area contributed by atoms with E-state index in [9.17, 15) is 4.79 Å². The molecule has 0 spiro atoms. The second-order valence-corrected chi connectivity index (χ2v) is 6.16. The second-order valence-electron chi connectivity index (χ2n) is 6.16. The van der Waals surface area contributed by atoms with Crippen LogP contribution in [0.3, 0.4) is 0 Å². The fourth-order valence-corrected chi connectivity index (χ4v) is 3.39. The van der Waals surface area contributed by atoms with Crippen LogP contribution in [0.4, 0.5) is 0 Å². The van der Waals surface area contributed by atoms with Gasteiger partial charge in [-0.05, 0) is 37.9 Å². The van der Waals surface area contributed by atoms with Gasteiger partial charge in [-0.2, -0.15) is 0 Å². The highest BCUT2D eigenvalue weighted by atomic mass is 35.5. The summed E-state index contributed by atoms with van der Waals surface area (Å²) in [5, 5.41) is 3.16. The van der Waals surface area contributed by atoms with Gasteiger partial charge in [-0.25, -0.2) is 0 Å². The zero-order valence-electron chi connectivity index (χ0n) is 14.6. The normalized spacial score (nSPS) is 20.8.